The molecule has 3 nitrogen and oxygen atoms in total. The molecule has 1 heterocycles. The molecule has 0 saturated carbocycles. The Hall–Kier alpha value is -0.590. The lowest BCUT2D eigenvalue weighted by molar-refractivity contribution is 0.232. The van der Waals surface area contributed by atoms with Gasteiger partial charge in [-0.3, -0.25) is 0 Å². The van der Waals surface area contributed by atoms with Gasteiger partial charge in [0.15, 0.2) is 0 Å². The van der Waals surface area contributed by atoms with Crippen LogP contribution in [0.5, 0.6) is 0 Å². The van der Waals surface area contributed by atoms with Gasteiger partial charge in [0, 0.05) is 12.6 Å². The minimum absolute atomic E-state index is 0.351. The van der Waals surface area contributed by atoms with E-state index in [1.165, 1.54) is 0 Å². The van der Waals surface area contributed by atoms with Crippen molar-refractivity contribution in [3.8, 4) is 6.07 Å². The van der Waals surface area contributed by atoms with Crippen molar-refractivity contribution in [1.29, 1.82) is 5.26 Å². The van der Waals surface area contributed by atoms with E-state index in [4.69, 9.17) is 10.00 Å². The van der Waals surface area contributed by atoms with Crippen LogP contribution in [-0.4, -0.2) is 37.2 Å². The topological polar surface area (TPSA) is 39.6 Å². The molecule has 0 aromatic heterocycles. The molecule has 0 bridgehead atoms. The van der Waals surface area contributed by atoms with Crippen LogP contribution in [0.15, 0.2) is 0 Å². The van der Waals surface area contributed by atoms with Gasteiger partial charge in [-0.25, -0.2) is 0 Å². The van der Waals surface area contributed by atoms with E-state index >= 15 is 0 Å². The molecular formula is C8H14N2O. The predicted octanol–water partition coefficient (Wildman–Crippen LogP) is 0.619. The molecule has 0 aromatic carbocycles. The van der Waals surface area contributed by atoms with Crippen LogP contribution in [0.25, 0.3) is 0 Å². The summed E-state index contributed by atoms with van der Waals surface area (Å²) in [5, 5.41) is 8.43. The van der Waals surface area contributed by atoms with E-state index in [1.807, 2.05) is 7.05 Å². The molecule has 0 aromatic rings. The lowest BCUT2D eigenvalue weighted by Crippen LogP contribution is -2.32. The first-order valence-electron chi connectivity index (χ1n) is 3.93. The lowest BCUT2D eigenvalue weighted by Gasteiger charge is -2.20. The summed E-state index contributed by atoms with van der Waals surface area (Å²) in [6.07, 6.45) is 1.03. The monoisotopic (exact) mass is 154 g/mol. The second-order valence-electron chi connectivity index (χ2n) is 3.11. The maximum absolute atomic E-state index is 8.43. The highest BCUT2D eigenvalue weighted by atomic mass is 16.6. The SMILES string of the molecule is CC(CC#N)N(C)CC1CO1. The first-order valence-corrected chi connectivity index (χ1v) is 3.93. The van der Waals surface area contributed by atoms with Crippen LogP contribution in [0.4, 0.5) is 0 Å². The molecule has 1 rings (SSSR count). The van der Waals surface area contributed by atoms with Gasteiger partial charge in [-0.2, -0.15) is 5.26 Å². The minimum Gasteiger partial charge on any atom is -0.372 e. The van der Waals surface area contributed by atoms with Crippen LogP contribution in [0.3, 0.4) is 0 Å². The number of rotatable bonds is 4. The van der Waals surface area contributed by atoms with E-state index in [1.54, 1.807) is 0 Å². The first kappa shape index (κ1) is 8.51. The fraction of sp³-hybridized carbons (Fsp3) is 0.875. The molecule has 11 heavy (non-hydrogen) atoms. The molecule has 0 amide bonds. The summed E-state index contributed by atoms with van der Waals surface area (Å²) >= 11 is 0. The fourth-order valence-corrected chi connectivity index (χ4v) is 0.963. The number of likely N-dealkylation sites (N-methyl/N-ethyl adjacent to an activating group) is 1. The summed E-state index contributed by atoms with van der Waals surface area (Å²) in [6, 6.07) is 2.51. The number of nitrogens with zero attached hydrogens (tertiary/aromatic N) is 2. The summed E-state index contributed by atoms with van der Waals surface area (Å²) in [4.78, 5) is 2.17. The largest absolute Gasteiger partial charge is 0.372 e. The molecule has 1 saturated heterocycles. The quantitative estimate of drug-likeness (QED) is 0.557. The highest BCUT2D eigenvalue weighted by Crippen LogP contribution is 2.12. The fourth-order valence-electron chi connectivity index (χ4n) is 0.963. The Kier molecular flexibility index (Phi) is 2.86. The number of hydrogen-bond donors (Lipinski definition) is 0. The standard InChI is InChI=1S/C8H14N2O/c1-7(3-4-9)10(2)5-8-6-11-8/h7-8H,3,5-6H2,1-2H3. The summed E-state index contributed by atoms with van der Waals surface area (Å²) in [6.45, 7) is 3.91. The van der Waals surface area contributed by atoms with Crippen molar-refractivity contribution in [1.82, 2.24) is 4.90 Å². The molecule has 0 spiro atoms. The Labute approximate surface area is 67.6 Å². The summed E-state index contributed by atoms with van der Waals surface area (Å²) < 4.78 is 5.08. The smallest absolute Gasteiger partial charge is 0.0936 e. The Balaban J connectivity index is 2.16. The molecule has 0 aliphatic carbocycles. The van der Waals surface area contributed by atoms with E-state index in [0.717, 1.165) is 13.2 Å². The van der Waals surface area contributed by atoms with Gasteiger partial charge >= 0.3 is 0 Å². The van der Waals surface area contributed by atoms with Gasteiger partial charge in [-0.05, 0) is 14.0 Å². The lowest BCUT2D eigenvalue weighted by atomic mass is 10.2. The summed E-state index contributed by atoms with van der Waals surface area (Å²) in [5.41, 5.74) is 0. The Morgan fingerprint density at radius 1 is 1.82 bits per heavy atom. The van der Waals surface area contributed by atoms with Crippen molar-refractivity contribution in [2.24, 2.45) is 0 Å². The van der Waals surface area contributed by atoms with Crippen molar-refractivity contribution >= 4 is 0 Å². The zero-order chi connectivity index (χ0) is 8.27. The van der Waals surface area contributed by atoms with Crippen LogP contribution < -0.4 is 0 Å². The molecular weight excluding hydrogens is 140 g/mol. The van der Waals surface area contributed by atoms with Crippen LogP contribution in [0.1, 0.15) is 13.3 Å². The molecule has 2 atom stereocenters. The van der Waals surface area contributed by atoms with Gasteiger partial charge in [-0.15, -0.1) is 0 Å². The third-order valence-electron chi connectivity index (χ3n) is 2.03. The van der Waals surface area contributed by atoms with E-state index in [0.29, 0.717) is 18.6 Å². The summed E-state index contributed by atoms with van der Waals surface area (Å²) in [5.74, 6) is 0. The third kappa shape index (κ3) is 2.87. The highest BCUT2D eigenvalue weighted by Gasteiger charge is 2.25. The Bertz CT molecular complexity index is 160. The normalized spacial score (nSPS) is 24.7. The second-order valence-corrected chi connectivity index (χ2v) is 3.11. The molecule has 3 heteroatoms. The van der Waals surface area contributed by atoms with Gasteiger partial charge in [0.05, 0.1) is 25.2 Å². The minimum atomic E-state index is 0.351. The number of epoxide rings is 1. The van der Waals surface area contributed by atoms with E-state index < -0.39 is 0 Å². The van der Waals surface area contributed by atoms with Crippen molar-refractivity contribution in [2.45, 2.75) is 25.5 Å². The van der Waals surface area contributed by atoms with Crippen molar-refractivity contribution < 1.29 is 4.74 Å². The third-order valence-corrected chi connectivity index (χ3v) is 2.03. The second kappa shape index (κ2) is 3.70. The molecule has 1 fully saturated rings. The molecule has 1 aliphatic heterocycles. The van der Waals surface area contributed by atoms with Crippen LogP contribution in [-0.2, 0) is 4.74 Å². The van der Waals surface area contributed by atoms with Gasteiger partial charge < -0.3 is 9.64 Å². The maximum Gasteiger partial charge on any atom is 0.0936 e. The van der Waals surface area contributed by atoms with Gasteiger partial charge in [0.1, 0.15) is 0 Å². The molecule has 62 valence electrons. The highest BCUT2D eigenvalue weighted by molar-refractivity contribution is 4.81. The zero-order valence-corrected chi connectivity index (χ0v) is 7.08. The van der Waals surface area contributed by atoms with Gasteiger partial charge in [0.2, 0.25) is 0 Å². The Morgan fingerprint density at radius 2 is 2.45 bits per heavy atom. The summed E-state index contributed by atoms with van der Waals surface area (Å²) in [7, 11) is 2.03. The molecule has 0 radical (unpaired) electrons. The molecule has 1 aliphatic rings. The van der Waals surface area contributed by atoms with E-state index in [9.17, 15) is 0 Å². The van der Waals surface area contributed by atoms with Crippen LogP contribution in [0.2, 0.25) is 0 Å². The van der Waals surface area contributed by atoms with Crippen molar-refractivity contribution in [3.63, 3.8) is 0 Å². The van der Waals surface area contributed by atoms with Gasteiger partial charge in [0.25, 0.3) is 0 Å². The van der Waals surface area contributed by atoms with Crippen LogP contribution >= 0.6 is 0 Å². The maximum atomic E-state index is 8.43. The number of hydrogen-bond acceptors (Lipinski definition) is 3. The zero-order valence-electron chi connectivity index (χ0n) is 7.08. The van der Waals surface area contributed by atoms with Crippen molar-refractivity contribution in [2.75, 3.05) is 20.2 Å². The van der Waals surface area contributed by atoms with Crippen molar-refractivity contribution in [3.05, 3.63) is 0 Å². The van der Waals surface area contributed by atoms with Gasteiger partial charge in [-0.1, -0.05) is 0 Å². The Morgan fingerprint density at radius 3 is 2.91 bits per heavy atom. The molecule has 2 unspecified atom stereocenters. The number of nitriles is 1. The first-order chi connectivity index (χ1) is 5.24. The average molecular weight is 154 g/mol. The van der Waals surface area contributed by atoms with E-state index in [-0.39, 0.29) is 0 Å². The van der Waals surface area contributed by atoms with Crippen LogP contribution in [0, 0.1) is 11.3 Å². The molecule has 0 N–H and O–H groups in total. The predicted molar refractivity (Wildman–Crippen MR) is 42.1 cm³/mol. The van der Waals surface area contributed by atoms with E-state index in [2.05, 4.69) is 17.9 Å². The number of ether oxygens (including phenoxy) is 1. The average Bonchev–Trinajstić information content (AvgIpc) is 2.72.